The number of carbonyl (C=O) groups excluding carboxylic acids is 2. The molecule has 2 heterocycles. The molecule has 8 nitrogen and oxygen atoms in total. The van der Waals surface area contributed by atoms with Crippen LogP contribution in [0.3, 0.4) is 0 Å². The van der Waals surface area contributed by atoms with Crippen molar-refractivity contribution < 1.29 is 23.8 Å². The van der Waals surface area contributed by atoms with Gasteiger partial charge in [-0.1, -0.05) is 35.3 Å². The van der Waals surface area contributed by atoms with E-state index < -0.39 is 6.16 Å². The van der Waals surface area contributed by atoms with E-state index in [-0.39, 0.29) is 18.7 Å². The van der Waals surface area contributed by atoms with E-state index in [2.05, 4.69) is 9.80 Å². The summed E-state index contributed by atoms with van der Waals surface area (Å²) >= 11 is 12.6. The normalized spacial score (nSPS) is 17.3. The fraction of sp³-hybridized carbons (Fsp3) is 0.571. The summed E-state index contributed by atoms with van der Waals surface area (Å²) in [7, 11) is 0. The molecule has 0 radical (unpaired) electrons. The van der Waals surface area contributed by atoms with Crippen molar-refractivity contribution in [2.45, 2.75) is 59.5 Å². The van der Waals surface area contributed by atoms with Crippen LogP contribution in [0.2, 0.25) is 0 Å². The number of piperazine rings is 1. The van der Waals surface area contributed by atoms with Crippen LogP contribution in [0.5, 0.6) is 5.75 Å². The number of allylic oxidation sites excluding steroid dienone is 4. The molecule has 1 amide bonds. The molecule has 10 heteroatoms. The van der Waals surface area contributed by atoms with Crippen molar-refractivity contribution in [2.24, 2.45) is 0 Å². The highest BCUT2D eigenvalue weighted by Crippen LogP contribution is 2.32. The molecular formula is C28H39Cl2N3O5. The summed E-state index contributed by atoms with van der Waals surface area (Å²) < 4.78 is 16.2. The van der Waals surface area contributed by atoms with E-state index in [4.69, 9.17) is 37.4 Å². The molecule has 3 rings (SSSR count). The van der Waals surface area contributed by atoms with Crippen LogP contribution in [-0.4, -0.2) is 74.0 Å². The maximum atomic E-state index is 12.5. The van der Waals surface area contributed by atoms with Crippen LogP contribution in [0.1, 0.15) is 52.5 Å². The Morgan fingerprint density at radius 2 is 1.84 bits per heavy atom. The number of anilines is 1. The van der Waals surface area contributed by atoms with Gasteiger partial charge in [-0.25, -0.2) is 4.79 Å². The number of aryl methyl sites for hydroxylation is 1. The number of hydrogen-bond acceptors (Lipinski definition) is 7. The summed E-state index contributed by atoms with van der Waals surface area (Å²) in [5.74, 6) is 0.603. The highest BCUT2D eigenvalue weighted by molar-refractivity contribution is 6.44. The zero-order chi connectivity index (χ0) is 27.7. The van der Waals surface area contributed by atoms with Gasteiger partial charge in [0.2, 0.25) is 5.91 Å². The molecule has 1 aromatic rings. The monoisotopic (exact) mass is 567 g/mol. The van der Waals surface area contributed by atoms with Gasteiger partial charge in [-0.15, -0.1) is 0 Å². The predicted octanol–water partition coefficient (Wildman–Crippen LogP) is 5.87. The molecule has 0 atom stereocenters. The second-order valence-corrected chi connectivity index (χ2v) is 10.5. The van der Waals surface area contributed by atoms with E-state index in [1.54, 1.807) is 13.8 Å². The molecule has 0 saturated carbocycles. The molecule has 2 aliphatic heterocycles. The fourth-order valence-electron chi connectivity index (χ4n) is 4.47. The van der Waals surface area contributed by atoms with Gasteiger partial charge in [-0.2, -0.15) is 0 Å². The molecule has 0 spiro atoms. The van der Waals surface area contributed by atoms with Crippen molar-refractivity contribution in [2.75, 3.05) is 51.0 Å². The zero-order valence-electron chi connectivity index (χ0n) is 22.8. The van der Waals surface area contributed by atoms with Gasteiger partial charge in [0.1, 0.15) is 5.75 Å². The maximum absolute atomic E-state index is 12.5. The molecule has 1 aromatic carbocycles. The van der Waals surface area contributed by atoms with E-state index in [9.17, 15) is 9.59 Å². The lowest BCUT2D eigenvalue weighted by atomic mass is 10.0. The van der Waals surface area contributed by atoms with Crippen molar-refractivity contribution in [1.82, 2.24) is 9.80 Å². The van der Waals surface area contributed by atoms with Crippen LogP contribution in [0.25, 0.3) is 0 Å². The molecule has 0 aromatic heterocycles. The van der Waals surface area contributed by atoms with Gasteiger partial charge in [0.15, 0.2) is 6.73 Å². The van der Waals surface area contributed by atoms with Gasteiger partial charge in [0.05, 0.1) is 28.5 Å². The minimum Gasteiger partial charge on any atom is -0.494 e. The Kier molecular flexibility index (Phi) is 11.6. The first-order chi connectivity index (χ1) is 18.2. The van der Waals surface area contributed by atoms with E-state index >= 15 is 0 Å². The van der Waals surface area contributed by atoms with Crippen LogP contribution >= 0.6 is 23.2 Å². The minimum atomic E-state index is -0.790. The third kappa shape index (κ3) is 8.55. The van der Waals surface area contributed by atoms with Crippen molar-refractivity contribution in [3.8, 4) is 5.75 Å². The van der Waals surface area contributed by atoms with Crippen molar-refractivity contribution in [3.63, 3.8) is 0 Å². The summed E-state index contributed by atoms with van der Waals surface area (Å²) in [6.07, 6.45) is 3.71. The molecule has 0 aliphatic carbocycles. The van der Waals surface area contributed by atoms with E-state index in [0.29, 0.717) is 40.9 Å². The highest BCUT2D eigenvalue weighted by Gasteiger charge is 2.26. The number of carbonyl (C=O) groups is 2. The second kappa shape index (κ2) is 14.7. The molecule has 0 N–H and O–H groups in total. The Bertz CT molecular complexity index is 1040. The fourth-order valence-corrected chi connectivity index (χ4v) is 4.83. The number of hydrogen-bond donors (Lipinski definition) is 0. The third-order valence-electron chi connectivity index (χ3n) is 6.67. The number of ether oxygens (including phenoxy) is 3. The first-order valence-electron chi connectivity index (χ1n) is 13.2. The molecule has 0 unspecified atom stereocenters. The summed E-state index contributed by atoms with van der Waals surface area (Å²) in [5, 5.41) is 1.21. The van der Waals surface area contributed by atoms with Gasteiger partial charge in [0, 0.05) is 44.4 Å². The molecule has 2 aliphatic rings. The Labute approximate surface area is 236 Å². The number of amides is 1. The van der Waals surface area contributed by atoms with Gasteiger partial charge in [-0.3, -0.25) is 14.6 Å². The SMILES string of the molecule is C/C=C(Cl)\C(Cl)=C(/C)N1CCN(CCCCOc2ccc3c(c2)N(COC(=O)OC(C)C)C(=O)CC3)CC1. The smallest absolute Gasteiger partial charge is 0.494 e. The van der Waals surface area contributed by atoms with E-state index in [1.165, 1.54) is 4.90 Å². The highest BCUT2D eigenvalue weighted by atomic mass is 35.5. The van der Waals surface area contributed by atoms with Gasteiger partial charge in [0.25, 0.3) is 0 Å². The zero-order valence-corrected chi connectivity index (χ0v) is 24.3. The lowest BCUT2D eigenvalue weighted by Gasteiger charge is -2.37. The predicted molar refractivity (Wildman–Crippen MR) is 151 cm³/mol. The van der Waals surface area contributed by atoms with Crippen molar-refractivity contribution >= 4 is 41.0 Å². The summed E-state index contributed by atoms with van der Waals surface area (Å²) in [5.41, 5.74) is 2.76. The first-order valence-corrected chi connectivity index (χ1v) is 14.0. The Morgan fingerprint density at radius 1 is 1.11 bits per heavy atom. The second-order valence-electron chi connectivity index (χ2n) is 9.72. The van der Waals surface area contributed by atoms with Gasteiger partial charge >= 0.3 is 6.16 Å². The van der Waals surface area contributed by atoms with Crippen LogP contribution in [0, 0.1) is 0 Å². The maximum Gasteiger partial charge on any atom is 0.510 e. The molecule has 0 bridgehead atoms. The van der Waals surface area contributed by atoms with Crippen molar-refractivity contribution in [1.29, 1.82) is 0 Å². The topological polar surface area (TPSA) is 71.6 Å². The molecular weight excluding hydrogens is 529 g/mol. The summed E-state index contributed by atoms with van der Waals surface area (Å²) in [6, 6.07) is 5.76. The van der Waals surface area contributed by atoms with Crippen LogP contribution in [0.4, 0.5) is 10.5 Å². The number of benzene rings is 1. The van der Waals surface area contributed by atoms with Crippen LogP contribution < -0.4 is 9.64 Å². The Morgan fingerprint density at radius 3 is 2.53 bits per heavy atom. The number of unbranched alkanes of at least 4 members (excludes halogenated alkanes) is 1. The largest absolute Gasteiger partial charge is 0.510 e. The lowest BCUT2D eigenvalue weighted by Crippen LogP contribution is -2.45. The van der Waals surface area contributed by atoms with Crippen LogP contribution in [-0.2, 0) is 20.7 Å². The molecule has 210 valence electrons. The minimum absolute atomic E-state index is 0.0926. The van der Waals surface area contributed by atoms with E-state index in [0.717, 1.165) is 56.8 Å². The number of fused-ring (bicyclic) bond motifs is 1. The number of rotatable bonds is 11. The standard InChI is InChI=1S/C28H39Cl2N3O5/c1-5-24(29)27(30)21(4)32-15-13-31(14-16-32)12-6-7-17-36-23-10-8-22-9-11-26(34)33(25(22)18-23)19-37-28(35)38-20(2)3/h5,8,10,18,20H,6-7,9,11-17,19H2,1-4H3/b24-5+,27-21-. The van der Waals surface area contributed by atoms with Gasteiger partial charge < -0.3 is 19.1 Å². The average Bonchev–Trinajstić information content (AvgIpc) is 2.91. The van der Waals surface area contributed by atoms with Gasteiger partial charge in [-0.05, 0) is 65.1 Å². The lowest BCUT2D eigenvalue weighted by molar-refractivity contribution is -0.119. The molecule has 1 saturated heterocycles. The molecule has 38 heavy (non-hydrogen) atoms. The average molecular weight is 569 g/mol. The quantitative estimate of drug-likeness (QED) is 0.188. The van der Waals surface area contributed by atoms with E-state index in [1.807, 2.05) is 38.1 Å². The van der Waals surface area contributed by atoms with Crippen molar-refractivity contribution in [3.05, 3.63) is 45.6 Å². The Hall–Kier alpha value is -2.42. The summed E-state index contributed by atoms with van der Waals surface area (Å²) in [6.45, 7) is 12.6. The number of nitrogens with zero attached hydrogens (tertiary/aromatic N) is 3. The Balaban J connectivity index is 1.42. The number of halogens is 2. The first kappa shape index (κ1) is 30.1. The third-order valence-corrected chi connectivity index (χ3v) is 7.65. The molecule has 1 fully saturated rings. The summed E-state index contributed by atoms with van der Waals surface area (Å²) in [4.78, 5) is 30.5. The van der Waals surface area contributed by atoms with Crippen LogP contribution in [0.15, 0.2) is 40.0 Å².